The molecule has 0 spiro atoms. The molecule has 0 aliphatic carbocycles. The number of carbonyl (C=O) groups excluding carboxylic acids is 1. The van der Waals surface area contributed by atoms with Crippen LogP contribution in [0.5, 0.6) is 0 Å². The second-order valence-corrected chi connectivity index (χ2v) is 10.2. The number of amides is 1. The van der Waals surface area contributed by atoms with Gasteiger partial charge in [-0.2, -0.15) is 10.4 Å². The van der Waals surface area contributed by atoms with Crippen molar-refractivity contribution < 1.29 is 13.2 Å². The maximum absolute atomic E-state index is 12.2. The van der Waals surface area contributed by atoms with Gasteiger partial charge in [0.25, 0.3) is 5.91 Å². The number of aryl methyl sites for hydroxylation is 2. The number of benzene rings is 2. The summed E-state index contributed by atoms with van der Waals surface area (Å²) in [6.45, 7) is 5.99. The number of aromatic nitrogens is 2. The zero-order valence-corrected chi connectivity index (χ0v) is 19.5. The number of rotatable bonds is 7. The Labute approximate surface area is 188 Å². The Balaban J connectivity index is 1.75. The second-order valence-electron chi connectivity index (χ2n) is 7.93. The van der Waals surface area contributed by atoms with E-state index < -0.39 is 9.84 Å². The molecule has 8 heteroatoms. The van der Waals surface area contributed by atoms with Crippen LogP contribution in [0.25, 0.3) is 5.69 Å². The van der Waals surface area contributed by atoms with E-state index in [1.165, 1.54) is 0 Å². The SMILES string of the molecule is Cc1cc(-n2nc(C)c(Cc3ccc(C(=O)NCCS(C)(=O)=O)cc3)c2C)ccc1C#N. The molecule has 32 heavy (non-hydrogen) atoms. The first kappa shape index (κ1) is 23.2. The molecule has 3 rings (SSSR count). The number of nitrogens with zero attached hydrogens (tertiary/aromatic N) is 3. The second kappa shape index (κ2) is 9.37. The summed E-state index contributed by atoms with van der Waals surface area (Å²) in [4.78, 5) is 12.2. The summed E-state index contributed by atoms with van der Waals surface area (Å²) in [5.41, 5.74) is 7.05. The lowest BCUT2D eigenvalue weighted by atomic mass is 10.0. The molecule has 3 aromatic rings. The van der Waals surface area contributed by atoms with Crippen molar-refractivity contribution in [1.82, 2.24) is 15.1 Å². The van der Waals surface area contributed by atoms with Crippen molar-refractivity contribution in [3.8, 4) is 11.8 Å². The largest absolute Gasteiger partial charge is 0.351 e. The fourth-order valence-corrected chi connectivity index (χ4v) is 3.99. The van der Waals surface area contributed by atoms with E-state index in [0.717, 1.165) is 40.0 Å². The molecule has 0 saturated carbocycles. The highest BCUT2D eigenvalue weighted by atomic mass is 32.2. The molecule has 0 saturated heterocycles. The Morgan fingerprint density at radius 2 is 1.81 bits per heavy atom. The molecule has 0 radical (unpaired) electrons. The third kappa shape index (κ3) is 5.42. The van der Waals surface area contributed by atoms with Gasteiger partial charge < -0.3 is 5.32 Å². The van der Waals surface area contributed by atoms with E-state index >= 15 is 0 Å². The highest BCUT2D eigenvalue weighted by molar-refractivity contribution is 7.90. The Morgan fingerprint density at radius 3 is 2.41 bits per heavy atom. The molecular weight excluding hydrogens is 424 g/mol. The topological polar surface area (TPSA) is 105 Å². The fraction of sp³-hybridized carbons (Fsp3) is 0.292. The lowest BCUT2D eigenvalue weighted by Gasteiger charge is -2.08. The third-order valence-electron chi connectivity index (χ3n) is 5.37. The maximum atomic E-state index is 12.2. The van der Waals surface area contributed by atoms with E-state index in [2.05, 4.69) is 11.4 Å². The van der Waals surface area contributed by atoms with Crippen molar-refractivity contribution >= 4 is 15.7 Å². The van der Waals surface area contributed by atoms with Crippen LogP contribution in [0.2, 0.25) is 0 Å². The minimum atomic E-state index is -3.11. The number of hydrogen-bond donors (Lipinski definition) is 1. The molecule has 166 valence electrons. The Hall–Kier alpha value is -3.44. The summed E-state index contributed by atoms with van der Waals surface area (Å²) in [6, 6.07) is 15.1. The molecular formula is C24H26N4O3S. The van der Waals surface area contributed by atoms with Crippen LogP contribution in [0.15, 0.2) is 42.5 Å². The number of nitrogens with one attached hydrogen (secondary N) is 1. The Kier molecular flexibility index (Phi) is 6.80. The van der Waals surface area contributed by atoms with Crippen LogP contribution in [-0.4, -0.2) is 42.7 Å². The molecule has 1 heterocycles. The summed E-state index contributed by atoms with van der Waals surface area (Å²) < 4.78 is 24.3. The van der Waals surface area contributed by atoms with Crippen LogP contribution in [0, 0.1) is 32.1 Å². The van der Waals surface area contributed by atoms with Gasteiger partial charge in [-0.15, -0.1) is 0 Å². The van der Waals surface area contributed by atoms with Crippen LogP contribution in [0.4, 0.5) is 0 Å². The fourth-order valence-electron chi connectivity index (χ4n) is 3.52. The van der Waals surface area contributed by atoms with Crippen molar-refractivity contribution in [2.45, 2.75) is 27.2 Å². The highest BCUT2D eigenvalue weighted by Crippen LogP contribution is 2.22. The molecule has 2 aromatic carbocycles. The van der Waals surface area contributed by atoms with Crippen LogP contribution in [-0.2, 0) is 16.3 Å². The van der Waals surface area contributed by atoms with E-state index in [1.54, 1.807) is 18.2 Å². The van der Waals surface area contributed by atoms with Gasteiger partial charge in [-0.3, -0.25) is 4.79 Å². The van der Waals surface area contributed by atoms with Gasteiger partial charge in [0.2, 0.25) is 0 Å². The lowest BCUT2D eigenvalue weighted by Crippen LogP contribution is -2.28. The number of hydrogen-bond acceptors (Lipinski definition) is 5. The van der Waals surface area contributed by atoms with Crippen LogP contribution in [0.1, 0.15) is 44.0 Å². The first-order valence-electron chi connectivity index (χ1n) is 10.2. The van der Waals surface area contributed by atoms with Crippen LogP contribution < -0.4 is 5.32 Å². The van der Waals surface area contributed by atoms with E-state index in [-0.39, 0.29) is 18.2 Å². The van der Waals surface area contributed by atoms with E-state index in [1.807, 2.05) is 49.7 Å². The van der Waals surface area contributed by atoms with Gasteiger partial charge in [-0.1, -0.05) is 12.1 Å². The van der Waals surface area contributed by atoms with Crippen LogP contribution >= 0.6 is 0 Å². The number of nitriles is 1. The first-order chi connectivity index (χ1) is 15.1. The molecule has 1 amide bonds. The predicted octanol–water partition coefficient (Wildman–Crippen LogP) is 3.03. The minimum absolute atomic E-state index is 0.0852. The summed E-state index contributed by atoms with van der Waals surface area (Å²) >= 11 is 0. The molecule has 0 atom stereocenters. The zero-order chi connectivity index (χ0) is 23.5. The van der Waals surface area contributed by atoms with Gasteiger partial charge in [0.15, 0.2) is 0 Å². The number of sulfone groups is 1. The molecule has 0 bridgehead atoms. The summed E-state index contributed by atoms with van der Waals surface area (Å²) in [5, 5.41) is 16.5. The Bertz CT molecular complexity index is 1300. The zero-order valence-electron chi connectivity index (χ0n) is 18.6. The molecule has 0 aliphatic rings. The van der Waals surface area contributed by atoms with Crippen molar-refractivity contribution in [3.05, 3.63) is 81.7 Å². The predicted molar refractivity (Wildman–Crippen MR) is 124 cm³/mol. The lowest BCUT2D eigenvalue weighted by molar-refractivity contribution is 0.0956. The van der Waals surface area contributed by atoms with Gasteiger partial charge in [0, 0.05) is 36.0 Å². The van der Waals surface area contributed by atoms with Crippen molar-refractivity contribution in [2.75, 3.05) is 18.6 Å². The van der Waals surface area contributed by atoms with E-state index in [0.29, 0.717) is 17.5 Å². The normalized spacial score (nSPS) is 11.2. The molecule has 0 unspecified atom stereocenters. The van der Waals surface area contributed by atoms with E-state index in [4.69, 9.17) is 10.4 Å². The van der Waals surface area contributed by atoms with Crippen molar-refractivity contribution in [3.63, 3.8) is 0 Å². The maximum Gasteiger partial charge on any atom is 0.251 e. The van der Waals surface area contributed by atoms with E-state index in [9.17, 15) is 13.2 Å². The first-order valence-corrected chi connectivity index (χ1v) is 12.3. The average Bonchev–Trinajstić information content (AvgIpc) is 3.01. The molecule has 7 nitrogen and oxygen atoms in total. The van der Waals surface area contributed by atoms with Crippen molar-refractivity contribution in [2.24, 2.45) is 0 Å². The quantitative estimate of drug-likeness (QED) is 0.596. The minimum Gasteiger partial charge on any atom is -0.351 e. The smallest absolute Gasteiger partial charge is 0.251 e. The molecule has 0 aliphatic heterocycles. The van der Waals surface area contributed by atoms with Gasteiger partial charge in [0.1, 0.15) is 9.84 Å². The summed E-state index contributed by atoms with van der Waals surface area (Å²) in [5.74, 6) is -0.380. The Morgan fingerprint density at radius 1 is 1.12 bits per heavy atom. The highest BCUT2D eigenvalue weighted by Gasteiger charge is 2.15. The standard InChI is InChI=1S/C24H26N4O3S/c1-16-13-22(10-9-21(16)15-25)28-18(3)23(17(2)27-28)14-19-5-7-20(8-6-19)24(29)26-11-12-32(4,30)31/h5-10,13H,11-12,14H2,1-4H3,(H,26,29). The summed E-state index contributed by atoms with van der Waals surface area (Å²) in [6.07, 6.45) is 1.81. The monoisotopic (exact) mass is 450 g/mol. The van der Waals surface area contributed by atoms with Gasteiger partial charge in [0.05, 0.1) is 28.8 Å². The summed E-state index contributed by atoms with van der Waals surface area (Å²) in [7, 11) is -3.11. The molecule has 1 N–H and O–H groups in total. The van der Waals surface area contributed by atoms with Crippen LogP contribution in [0.3, 0.4) is 0 Å². The number of carbonyl (C=O) groups is 1. The average molecular weight is 451 g/mol. The molecule has 0 fully saturated rings. The van der Waals surface area contributed by atoms with Crippen molar-refractivity contribution in [1.29, 1.82) is 5.26 Å². The van der Waals surface area contributed by atoms with Gasteiger partial charge >= 0.3 is 0 Å². The third-order valence-corrected chi connectivity index (χ3v) is 6.32. The molecule has 1 aromatic heterocycles. The van der Waals surface area contributed by atoms with Gasteiger partial charge in [-0.05, 0) is 62.2 Å². The van der Waals surface area contributed by atoms with Gasteiger partial charge in [-0.25, -0.2) is 13.1 Å².